The van der Waals surface area contributed by atoms with Gasteiger partial charge in [-0.15, -0.1) is 11.3 Å². The van der Waals surface area contributed by atoms with Gasteiger partial charge in [0, 0.05) is 0 Å². The van der Waals surface area contributed by atoms with Crippen molar-refractivity contribution in [2.45, 2.75) is 39.8 Å². The molecule has 0 aliphatic carbocycles. The molecule has 2 heterocycles. The van der Waals surface area contributed by atoms with Crippen molar-refractivity contribution in [1.29, 1.82) is 0 Å². The molecular weight excluding hydrogens is 358 g/mol. The third kappa shape index (κ3) is 4.48. The van der Waals surface area contributed by atoms with Gasteiger partial charge in [0.05, 0.1) is 18.0 Å². The average Bonchev–Trinajstić information content (AvgIpc) is 3.21. The largest absolute Gasteiger partial charge is 0.477 e. The molecule has 26 heavy (non-hydrogen) atoms. The zero-order chi connectivity index (χ0) is 19.4. The van der Waals surface area contributed by atoms with Crippen molar-refractivity contribution in [2.24, 2.45) is 5.92 Å². The van der Waals surface area contributed by atoms with Crippen molar-refractivity contribution < 1.29 is 23.9 Å². The van der Waals surface area contributed by atoms with Crippen LogP contribution in [0, 0.1) is 12.8 Å². The first-order chi connectivity index (χ1) is 12.2. The lowest BCUT2D eigenvalue weighted by Crippen LogP contribution is -2.50. The Kier molecular flexibility index (Phi) is 6.14. The Morgan fingerprint density at radius 2 is 1.92 bits per heavy atom. The van der Waals surface area contributed by atoms with E-state index < -0.39 is 24.0 Å². The van der Waals surface area contributed by atoms with Crippen LogP contribution in [0.25, 0.3) is 0 Å². The predicted octanol–water partition coefficient (Wildman–Crippen LogP) is 2.37. The van der Waals surface area contributed by atoms with Crippen LogP contribution < -0.4 is 10.6 Å². The summed E-state index contributed by atoms with van der Waals surface area (Å²) in [6.45, 7) is 6.95. The molecule has 0 aliphatic rings. The van der Waals surface area contributed by atoms with Gasteiger partial charge in [-0.2, -0.15) is 0 Å². The first-order valence-electron chi connectivity index (χ1n) is 8.06. The van der Waals surface area contributed by atoms with E-state index in [2.05, 4.69) is 15.6 Å². The zero-order valence-corrected chi connectivity index (χ0v) is 15.7. The standard InChI is InChI=1S/C17H21N3O5S/c1-8(2)12(20-14(21)11-6-5-7-25-11)15(22)18-10(4)16-19-9(3)13(26-16)17(23)24/h5-8,10,12H,1-4H3,(H,18,22)(H,20,21)(H,23,24). The number of furan rings is 1. The van der Waals surface area contributed by atoms with E-state index in [4.69, 9.17) is 9.52 Å². The molecule has 8 nitrogen and oxygen atoms in total. The fraction of sp³-hybridized carbons (Fsp3) is 0.412. The summed E-state index contributed by atoms with van der Waals surface area (Å²) in [6.07, 6.45) is 1.38. The molecule has 0 saturated heterocycles. The van der Waals surface area contributed by atoms with Crippen LogP contribution in [0.4, 0.5) is 0 Å². The van der Waals surface area contributed by atoms with Crippen LogP contribution in [-0.4, -0.2) is 33.9 Å². The number of aromatic carboxylic acids is 1. The molecule has 0 bridgehead atoms. The summed E-state index contributed by atoms with van der Waals surface area (Å²) in [5.41, 5.74) is 0.408. The number of carboxylic acids is 1. The van der Waals surface area contributed by atoms with E-state index in [1.54, 1.807) is 19.9 Å². The minimum atomic E-state index is -1.05. The minimum Gasteiger partial charge on any atom is -0.477 e. The number of thiazole rings is 1. The van der Waals surface area contributed by atoms with Gasteiger partial charge in [0.25, 0.3) is 5.91 Å². The second kappa shape index (κ2) is 8.13. The molecule has 0 radical (unpaired) electrons. The third-order valence-electron chi connectivity index (χ3n) is 3.72. The van der Waals surface area contributed by atoms with Crippen molar-refractivity contribution in [2.75, 3.05) is 0 Å². The van der Waals surface area contributed by atoms with Crippen LogP contribution >= 0.6 is 11.3 Å². The molecule has 0 aromatic carbocycles. The summed E-state index contributed by atoms with van der Waals surface area (Å²) in [5, 5.41) is 15.0. The van der Waals surface area contributed by atoms with Crippen LogP contribution in [0.2, 0.25) is 0 Å². The molecule has 3 N–H and O–H groups in total. The highest BCUT2D eigenvalue weighted by Crippen LogP contribution is 2.23. The molecule has 0 saturated carbocycles. The lowest BCUT2D eigenvalue weighted by Gasteiger charge is -2.23. The Morgan fingerprint density at radius 1 is 1.23 bits per heavy atom. The van der Waals surface area contributed by atoms with E-state index >= 15 is 0 Å². The quantitative estimate of drug-likeness (QED) is 0.679. The summed E-state index contributed by atoms with van der Waals surface area (Å²) in [4.78, 5) is 40.2. The molecule has 2 amide bonds. The lowest BCUT2D eigenvalue weighted by molar-refractivity contribution is -0.124. The van der Waals surface area contributed by atoms with Gasteiger partial charge in [-0.05, 0) is 31.9 Å². The van der Waals surface area contributed by atoms with Crippen molar-refractivity contribution in [3.05, 3.63) is 39.7 Å². The topological polar surface area (TPSA) is 122 Å². The molecule has 2 aromatic heterocycles. The third-order valence-corrected chi connectivity index (χ3v) is 5.05. The fourth-order valence-electron chi connectivity index (χ4n) is 2.32. The van der Waals surface area contributed by atoms with Gasteiger partial charge in [0.15, 0.2) is 5.76 Å². The molecule has 9 heteroatoms. The van der Waals surface area contributed by atoms with Crippen molar-refractivity contribution >= 4 is 29.1 Å². The molecule has 2 atom stereocenters. The Hall–Kier alpha value is -2.68. The maximum Gasteiger partial charge on any atom is 0.347 e. The number of amides is 2. The highest BCUT2D eigenvalue weighted by Gasteiger charge is 2.28. The average molecular weight is 379 g/mol. The minimum absolute atomic E-state index is 0.123. The number of nitrogens with one attached hydrogen (secondary N) is 2. The van der Waals surface area contributed by atoms with Gasteiger partial charge in [-0.3, -0.25) is 9.59 Å². The molecule has 2 unspecified atom stereocenters. The SMILES string of the molecule is Cc1nc(C(C)NC(=O)C(NC(=O)c2ccco2)C(C)C)sc1C(=O)O. The molecule has 2 rings (SSSR count). The van der Waals surface area contributed by atoms with E-state index in [9.17, 15) is 14.4 Å². The highest BCUT2D eigenvalue weighted by molar-refractivity contribution is 7.13. The Morgan fingerprint density at radius 3 is 2.42 bits per heavy atom. The summed E-state index contributed by atoms with van der Waals surface area (Å²) >= 11 is 1.02. The van der Waals surface area contributed by atoms with Gasteiger partial charge >= 0.3 is 5.97 Å². The van der Waals surface area contributed by atoms with Crippen LogP contribution in [-0.2, 0) is 4.79 Å². The van der Waals surface area contributed by atoms with Crippen LogP contribution in [0.5, 0.6) is 0 Å². The van der Waals surface area contributed by atoms with E-state index in [1.807, 2.05) is 13.8 Å². The molecule has 140 valence electrons. The van der Waals surface area contributed by atoms with Gasteiger partial charge in [0.1, 0.15) is 15.9 Å². The van der Waals surface area contributed by atoms with E-state index in [1.165, 1.54) is 12.3 Å². The van der Waals surface area contributed by atoms with Crippen molar-refractivity contribution in [3.8, 4) is 0 Å². The summed E-state index contributed by atoms with van der Waals surface area (Å²) in [7, 11) is 0. The van der Waals surface area contributed by atoms with Gasteiger partial charge in [-0.1, -0.05) is 13.8 Å². The number of carbonyl (C=O) groups is 3. The normalized spacial score (nSPS) is 13.3. The lowest BCUT2D eigenvalue weighted by atomic mass is 10.0. The van der Waals surface area contributed by atoms with E-state index in [-0.39, 0.29) is 22.5 Å². The maximum atomic E-state index is 12.6. The second-order valence-electron chi connectivity index (χ2n) is 6.17. The van der Waals surface area contributed by atoms with Gasteiger partial charge in [0.2, 0.25) is 5.91 Å². The number of aryl methyl sites for hydroxylation is 1. The predicted molar refractivity (Wildman–Crippen MR) is 95.2 cm³/mol. The molecule has 0 fully saturated rings. The first kappa shape index (κ1) is 19.6. The smallest absolute Gasteiger partial charge is 0.347 e. The van der Waals surface area contributed by atoms with Crippen molar-refractivity contribution in [3.63, 3.8) is 0 Å². The monoisotopic (exact) mass is 379 g/mol. The van der Waals surface area contributed by atoms with E-state index in [0.29, 0.717) is 10.7 Å². The Balaban J connectivity index is 2.08. The zero-order valence-electron chi connectivity index (χ0n) is 14.9. The maximum absolute atomic E-state index is 12.6. The molecule has 0 spiro atoms. The number of rotatable bonds is 7. The number of aromatic nitrogens is 1. The molecule has 2 aromatic rings. The molecular formula is C17H21N3O5S. The number of hydrogen-bond acceptors (Lipinski definition) is 6. The number of nitrogens with zero attached hydrogens (tertiary/aromatic N) is 1. The van der Waals surface area contributed by atoms with Crippen LogP contribution in [0.15, 0.2) is 22.8 Å². The van der Waals surface area contributed by atoms with Crippen LogP contribution in [0.3, 0.4) is 0 Å². The Labute approximate surface area is 154 Å². The number of carboxylic acid groups (broad SMARTS) is 1. The van der Waals surface area contributed by atoms with E-state index in [0.717, 1.165) is 11.3 Å². The van der Waals surface area contributed by atoms with Crippen LogP contribution in [0.1, 0.15) is 57.7 Å². The van der Waals surface area contributed by atoms with Gasteiger partial charge < -0.3 is 20.2 Å². The number of hydrogen-bond donors (Lipinski definition) is 3. The Bertz CT molecular complexity index is 797. The summed E-state index contributed by atoms with van der Waals surface area (Å²) in [6, 6.07) is 1.85. The first-order valence-corrected chi connectivity index (χ1v) is 8.87. The van der Waals surface area contributed by atoms with Gasteiger partial charge in [-0.25, -0.2) is 9.78 Å². The fourth-order valence-corrected chi connectivity index (χ4v) is 3.23. The molecule has 0 aliphatic heterocycles. The summed E-state index contributed by atoms with van der Waals surface area (Å²) in [5.74, 6) is -1.94. The van der Waals surface area contributed by atoms with Crippen molar-refractivity contribution in [1.82, 2.24) is 15.6 Å². The second-order valence-corrected chi connectivity index (χ2v) is 7.21. The summed E-state index contributed by atoms with van der Waals surface area (Å²) < 4.78 is 5.04. The number of carbonyl (C=O) groups excluding carboxylic acids is 2. The highest BCUT2D eigenvalue weighted by atomic mass is 32.1.